The van der Waals surface area contributed by atoms with Gasteiger partial charge in [0.25, 0.3) is 0 Å². The van der Waals surface area contributed by atoms with Crippen LogP contribution >= 0.6 is 0 Å². The van der Waals surface area contributed by atoms with E-state index in [2.05, 4.69) is 10.2 Å². The van der Waals surface area contributed by atoms with Crippen molar-refractivity contribution in [2.24, 2.45) is 5.73 Å². The lowest BCUT2D eigenvalue weighted by Gasteiger charge is -2.23. The second-order valence-electron chi connectivity index (χ2n) is 8.26. The van der Waals surface area contributed by atoms with E-state index in [1.165, 1.54) is 16.9 Å². The van der Waals surface area contributed by atoms with Crippen molar-refractivity contribution in [2.75, 3.05) is 25.5 Å². The third-order valence-electron chi connectivity index (χ3n) is 4.76. The summed E-state index contributed by atoms with van der Waals surface area (Å²) in [6, 6.07) is 7.88. The van der Waals surface area contributed by atoms with E-state index in [0.717, 1.165) is 0 Å². The molecule has 0 saturated heterocycles. The molecule has 4 N–H and O–H groups in total. The molecule has 10 heteroatoms. The van der Waals surface area contributed by atoms with Gasteiger partial charge in [0.15, 0.2) is 9.84 Å². The SMILES string of the molecule is CC(C)(C)c1cc(OCCCO)cc(-n2nc3ccc(S(=O)(=O)CCN)cc3n2)c1O. The van der Waals surface area contributed by atoms with Gasteiger partial charge in [-0.1, -0.05) is 20.8 Å². The van der Waals surface area contributed by atoms with Crippen LogP contribution in [0.1, 0.15) is 32.8 Å². The van der Waals surface area contributed by atoms with Crippen LogP contribution in [-0.2, 0) is 15.3 Å². The third-order valence-corrected chi connectivity index (χ3v) is 6.50. The van der Waals surface area contributed by atoms with Gasteiger partial charge in [-0.25, -0.2) is 8.42 Å². The highest BCUT2D eigenvalue weighted by molar-refractivity contribution is 7.91. The summed E-state index contributed by atoms with van der Waals surface area (Å²) in [6.45, 7) is 6.25. The van der Waals surface area contributed by atoms with Crippen LogP contribution < -0.4 is 10.5 Å². The van der Waals surface area contributed by atoms with E-state index in [1.54, 1.807) is 18.2 Å². The average Bonchev–Trinajstić information content (AvgIpc) is 3.11. The highest BCUT2D eigenvalue weighted by Crippen LogP contribution is 2.38. The molecule has 0 aliphatic rings. The number of nitrogens with zero attached hydrogens (tertiary/aromatic N) is 3. The number of hydrogen-bond acceptors (Lipinski definition) is 8. The molecule has 9 nitrogen and oxygen atoms in total. The summed E-state index contributed by atoms with van der Waals surface area (Å²) >= 11 is 0. The topological polar surface area (TPSA) is 141 Å². The van der Waals surface area contributed by atoms with Gasteiger partial charge in [-0.15, -0.1) is 15.0 Å². The van der Waals surface area contributed by atoms with Gasteiger partial charge in [0.05, 0.1) is 17.3 Å². The van der Waals surface area contributed by atoms with E-state index in [4.69, 9.17) is 15.6 Å². The first-order valence-corrected chi connectivity index (χ1v) is 11.6. The maximum absolute atomic E-state index is 12.3. The van der Waals surface area contributed by atoms with Gasteiger partial charge in [0, 0.05) is 31.2 Å². The Kier molecular flexibility index (Phi) is 6.54. The molecule has 0 aliphatic heterocycles. The largest absolute Gasteiger partial charge is 0.505 e. The first kappa shape index (κ1) is 23.0. The van der Waals surface area contributed by atoms with Crippen molar-refractivity contribution >= 4 is 20.9 Å². The van der Waals surface area contributed by atoms with Crippen LogP contribution in [0.15, 0.2) is 35.2 Å². The molecule has 2 aromatic carbocycles. The van der Waals surface area contributed by atoms with Crippen LogP contribution in [-0.4, -0.2) is 59.1 Å². The quantitative estimate of drug-likeness (QED) is 0.444. The fourth-order valence-electron chi connectivity index (χ4n) is 3.12. The Hall–Kier alpha value is -2.69. The van der Waals surface area contributed by atoms with Crippen molar-refractivity contribution in [3.8, 4) is 17.2 Å². The number of hydrogen-bond donors (Lipinski definition) is 3. The maximum Gasteiger partial charge on any atom is 0.179 e. The number of ether oxygens (including phenoxy) is 1. The molecule has 1 heterocycles. The summed E-state index contributed by atoms with van der Waals surface area (Å²) in [6.07, 6.45) is 0.477. The number of rotatable bonds is 8. The van der Waals surface area contributed by atoms with E-state index in [1.807, 2.05) is 20.8 Å². The number of benzene rings is 2. The predicted molar refractivity (Wildman–Crippen MR) is 118 cm³/mol. The molecule has 0 unspecified atom stereocenters. The molecule has 0 fully saturated rings. The summed E-state index contributed by atoms with van der Waals surface area (Å²) in [5.74, 6) is 0.368. The van der Waals surface area contributed by atoms with Crippen LogP contribution in [0, 0.1) is 0 Å². The molecule has 1 aromatic heterocycles. The van der Waals surface area contributed by atoms with Gasteiger partial charge in [-0.05, 0) is 29.7 Å². The second-order valence-corrected chi connectivity index (χ2v) is 10.4. The first-order valence-electron chi connectivity index (χ1n) is 9.98. The van der Waals surface area contributed by atoms with E-state index in [-0.39, 0.29) is 35.0 Å². The first-order chi connectivity index (χ1) is 14.6. The fraction of sp³-hybridized carbons (Fsp3) is 0.429. The van der Waals surface area contributed by atoms with Crippen LogP contribution in [0.2, 0.25) is 0 Å². The predicted octanol–water partition coefficient (Wildman–Crippen LogP) is 1.92. The molecule has 0 amide bonds. The van der Waals surface area contributed by atoms with Gasteiger partial charge >= 0.3 is 0 Å². The van der Waals surface area contributed by atoms with E-state index in [9.17, 15) is 13.5 Å². The van der Waals surface area contributed by atoms with Crippen LogP contribution in [0.4, 0.5) is 0 Å². The van der Waals surface area contributed by atoms with Crippen LogP contribution in [0.25, 0.3) is 16.7 Å². The average molecular weight is 449 g/mol. The minimum atomic E-state index is -3.50. The molecule has 31 heavy (non-hydrogen) atoms. The monoisotopic (exact) mass is 448 g/mol. The number of sulfone groups is 1. The molecule has 168 valence electrons. The van der Waals surface area contributed by atoms with Crippen molar-refractivity contribution in [1.82, 2.24) is 15.0 Å². The summed E-state index contributed by atoms with van der Waals surface area (Å²) in [5.41, 5.74) is 6.84. The van der Waals surface area contributed by atoms with Crippen LogP contribution in [0.3, 0.4) is 0 Å². The van der Waals surface area contributed by atoms with Crippen LogP contribution in [0.5, 0.6) is 11.5 Å². The Morgan fingerprint density at radius 1 is 1.13 bits per heavy atom. The zero-order chi connectivity index (χ0) is 22.8. The number of aliphatic hydroxyl groups excluding tert-OH is 1. The number of phenolic OH excluding ortho intramolecular Hbond substituents is 1. The normalized spacial score (nSPS) is 12.4. The Morgan fingerprint density at radius 3 is 2.48 bits per heavy atom. The summed E-state index contributed by atoms with van der Waals surface area (Å²) < 4.78 is 30.4. The van der Waals surface area contributed by atoms with E-state index < -0.39 is 9.84 Å². The van der Waals surface area contributed by atoms with Gasteiger partial charge in [-0.2, -0.15) is 0 Å². The van der Waals surface area contributed by atoms with Crippen molar-refractivity contribution in [1.29, 1.82) is 0 Å². The van der Waals surface area contributed by atoms with Gasteiger partial charge < -0.3 is 20.7 Å². The highest BCUT2D eigenvalue weighted by Gasteiger charge is 2.24. The molecule has 0 saturated carbocycles. The smallest absolute Gasteiger partial charge is 0.179 e. The fourth-order valence-corrected chi connectivity index (χ4v) is 4.24. The number of nitrogens with two attached hydrogens (primary N) is 1. The molecular weight excluding hydrogens is 420 g/mol. The van der Waals surface area contributed by atoms with E-state index >= 15 is 0 Å². The summed E-state index contributed by atoms with van der Waals surface area (Å²) in [5, 5.41) is 28.7. The number of aromatic nitrogens is 3. The molecule has 3 rings (SSSR count). The Bertz CT molecular complexity index is 1180. The Balaban J connectivity index is 2.11. The number of fused-ring (bicyclic) bond motifs is 1. The molecule has 0 bridgehead atoms. The van der Waals surface area contributed by atoms with Gasteiger partial charge in [0.2, 0.25) is 0 Å². The molecule has 0 atom stereocenters. The molecule has 0 radical (unpaired) electrons. The summed E-state index contributed by atoms with van der Waals surface area (Å²) in [4.78, 5) is 1.39. The van der Waals surface area contributed by atoms with E-state index in [0.29, 0.717) is 41.1 Å². The highest BCUT2D eigenvalue weighted by atomic mass is 32.2. The lowest BCUT2D eigenvalue weighted by molar-refractivity contribution is 0.233. The number of aliphatic hydroxyl groups is 1. The number of phenols is 1. The standard InChI is InChI=1S/C21H28N4O5S/c1-21(2,3)16-11-14(30-9-4-8-26)12-19(20(16)27)25-23-17-6-5-15(13-18(17)24-25)31(28,29)10-7-22/h5-6,11-13,26-27H,4,7-10,22H2,1-3H3. The lowest BCUT2D eigenvalue weighted by atomic mass is 9.86. The second kappa shape index (κ2) is 8.81. The minimum absolute atomic E-state index is 0.0123. The van der Waals surface area contributed by atoms with Gasteiger partial charge in [-0.3, -0.25) is 0 Å². The Morgan fingerprint density at radius 2 is 1.84 bits per heavy atom. The molecule has 0 aliphatic carbocycles. The molecule has 0 spiro atoms. The molecular formula is C21H28N4O5S. The minimum Gasteiger partial charge on any atom is -0.505 e. The lowest BCUT2D eigenvalue weighted by Crippen LogP contribution is -2.15. The third kappa shape index (κ3) is 4.97. The van der Waals surface area contributed by atoms with Crippen molar-refractivity contribution < 1.29 is 23.4 Å². The zero-order valence-electron chi connectivity index (χ0n) is 17.9. The van der Waals surface area contributed by atoms with Gasteiger partial charge in [0.1, 0.15) is 28.2 Å². The summed E-state index contributed by atoms with van der Waals surface area (Å²) in [7, 11) is -3.50. The maximum atomic E-state index is 12.3. The van der Waals surface area contributed by atoms with Crippen molar-refractivity contribution in [3.63, 3.8) is 0 Å². The Labute approximate surface area is 181 Å². The van der Waals surface area contributed by atoms with Crippen molar-refractivity contribution in [2.45, 2.75) is 37.5 Å². The molecule has 3 aromatic rings. The van der Waals surface area contributed by atoms with Crippen molar-refractivity contribution in [3.05, 3.63) is 35.9 Å². The number of aromatic hydroxyl groups is 1. The zero-order valence-corrected chi connectivity index (χ0v) is 18.7.